The summed E-state index contributed by atoms with van der Waals surface area (Å²) in [6.45, 7) is 3.95. The maximum atomic E-state index is 12.2. The summed E-state index contributed by atoms with van der Waals surface area (Å²) in [5.74, 6) is -0.363. The highest BCUT2D eigenvalue weighted by Gasteiger charge is 2.15. The van der Waals surface area contributed by atoms with E-state index in [9.17, 15) is 18.0 Å². The minimum atomic E-state index is -3.58. The molecule has 0 aliphatic carbocycles. The van der Waals surface area contributed by atoms with Crippen LogP contribution in [-0.4, -0.2) is 32.8 Å². The van der Waals surface area contributed by atoms with Gasteiger partial charge in [0.1, 0.15) is 0 Å². The number of sulfonamides is 1. The SMILES string of the molecule is CC(C)NS(=O)(=O)c1cccc(CNC(=O)CCNC(=O)Cc2ccccc2)c1. The number of rotatable bonds is 10. The summed E-state index contributed by atoms with van der Waals surface area (Å²) in [5, 5.41) is 5.46. The molecule has 0 radical (unpaired) electrons. The van der Waals surface area contributed by atoms with E-state index in [1.807, 2.05) is 30.3 Å². The van der Waals surface area contributed by atoms with Crippen LogP contribution in [0.1, 0.15) is 31.4 Å². The molecule has 7 nitrogen and oxygen atoms in total. The van der Waals surface area contributed by atoms with Crippen molar-refractivity contribution >= 4 is 21.8 Å². The average Bonchev–Trinajstić information content (AvgIpc) is 2.66. The second-order valence-electron chi connectivity index (χ2n) is 6.96. The van der Waals surface area contributed by atoms with E-state index in [2.05, 4.69) is 15.4 Å². The topological polar surface area (TPSA) is 104 Å². The molecule has 3 N–H and O–H groups in total. The second-order valence-corrected chi connectivity index (χ2v) is 8.68. The van der Waals surface area contributed by atoms with Gasteiger partial charge in [-0.25, -0.2) is 13.1 Å². The number of benzene rings is 2. The first kappa shape index (κ1) is 22.6. The van der Waals surface area contributed by atoms with Gasteiger partial charge in [-0.1, -0.05) is 42.5 Å². The zero-order valence-corrected chi connectivity index (χ0v) is 17.5. The fraction of sp³-hybridized carbons (Fsp3) is 0.333. The van der Waals surface area contributed by atoms with Gasteiger partial charge in [-0.05, 0) is 37.1 Å². The van der Waals surface area contributed by atoms with Crippen molar-refractivity contribution in [1.82, 2.24) is 15.4 Å². The summed E-state index contributed by atoms with van der Waals surface area (Å²) in [6.07, 6.45) is 0.418. The lowest BCUT2D eigenvalue weighted by Crippen LogP contribution is -2.31. The molecule has 0 spiro atoms. The summed E-state index contributed by atoms with van der Waals surface area (Å²) >= 11 is 0. The molecule has 8 heteroatoms. The van der Waals surface area contributed by atoms with Crippen molar-refractivity contribution in [2.45, 2.75) is 44.2 Å². The van der Waals surface area contributed by atoms with Crippen molar-refractivity contribution in [1.29, 1.82) is 0 Å². The Morgan fingerprint density at radius 3 is 2.28 bits per heavy atom. The van der Waals surface area contributed by atoms with E-state index in [4.69, 9.17) is 0 Å². The minimum absolute atomic E-state index is 0.139. The van der Waals surface area contributed by atoms with Gasteiger partial charge in [-0.2, -0.15) is 0 Å². The molecule has 0 atom stereocenters. The third-order valence-corrected chi connectivity index (χ3v) is 5.63. The predicted octanol–water partition coefficient (Wildman–Crippen LogP) is 1.74. The van der Waals surface area contributed by atoms with Crippen LogP contribution in [0.2, 0.25) is 0 Å². The van der Waals surface area contributed by atoms with Crippen LogP contribution >= 0.6 is 0 Å². The van der Waals surface area contributed by atoms with Gasteiger partial charge >= 0.3 is 0 Å². The molecule has 2 rings (SSSR count). The van der Waals surface area contributed by atoms with E-state index in [1.165, 1.54) is 12.1 Å². The van der Waals surface area contributed by atoms with Crippen molar-refractivity contribution < 1.29 is 18.0 Å². The lowest BCUT2D eigenvalue weighted by molar-refractivity contribution is -0.122. The van der Waals surface area contributed by atoms with Gasteiger partial charge in [0.25, 0.3) is 0 Å². The Kier molecular flexibility index (Phi) is 8.35. The summed E-state index contributed by atoms with van der Waals surface area (Å²) in [4.78, 5) is 24.0. The van der Waals surface area contributed by atoms with Crippen LogP contribution in [-0.2, 0) is 32.6 Å². The van der Waals surface area contributed by atoms with Crippen molar-refractivity contribution in [3.63, 3.8) is 0 Å². The third-order valence-electron chi connectivity index (χ3n) is 3.97. The molecule has 2 amide bonds. The van der Waals surface area contributed by atoms with Crippen LogP contribution in [0.25, 0.3) is 0 Å². The van der Waals surface area contributed by atoms with Crippen LogP contribution in [0, 0.1) is 0 Å². The summed E-state index contributed by atoms with van der Waals surface area (Å²) in [6, 6.07) is 15.6. The molecule has 0 unspecified atom stereocenters. The van der Waals surface area contributed by atoms with Gasteiger partial charge in [0.15, 0.2) is 0 Å². The summed E-state index contributed by atoms with van der Waals surface area (Å²) in [5.41, 5.74) is 1.59. The van der Waals surface area contributed by atoms with Gasteiger partial charge < -0.3 is 10.6 Å². The Balaban J connectivity index is 1.76. The van der Waals surface area contributed by atoms with E-state index in [0.717, 1.165) is 5.56 Å². The van der Waals surface area contributed by atoms with E-state index in [0.29, 0.717) is 5.56 Å². The van der Waals surface area contributed by atoms with Crippen LogP contribution in [0.4, 0.5) is 0 Å². The van der Waals surface area contributed by atoms with Gasteiger partial charge in [0.05, 0.1) is 11.3 Å². The Labute approximate surface area is 172 Å². The first-order valence-corrected chi connectivity index (χ1v) is 10.9. The van der Waals surface area contributed by atoms with Crippen LogP contribution in [0.15, 0.2) is 59.5 Å². The standard InChI is InChI=1S/C21H27N3O4S/c1-16(2)24-29(27,28)19-10-6-9-18(13-19)15-23-20(25)11-12-22-21(26)14-17-7-4-3-5-8-17/h3-10,13,16,24H,11-12,14-15H2,1-2H3,(H,22,26)(H,23,25). The normalized spacial score (nSPS) is 11.3. The zero-order valence-electron chi connectivity index (χ0n) is 16.6. The molecule has 156 valence electrons. The molecule has 0 saturated carbocycles. The number of carbonyl (C=O) groups is 2. The van der Waals surface area contributed by atoms with E-state index in [-0.39, 0.29) is 48.7 Å². The first-order chi connectivity index (χ1) is 13.8. The highest BCUT2D eigenvalue weighted by Crippen LogP contribution is 2.12. The lowest BCUT2D eigenvalue weighted by atomic mass is 10.1. The fourth-order valence-electron chi connectivity index (χ4n) is 2.65. The van der Waals surface area contributed by atoms with Crippen LogP contribution < -0.4 is 15.4 Å². The number of amides is 2. The van der Waals surface area contributed by atoms with Gasteiger partial charge in [-0.15, -0.1) is 0 Å². The number of hydrogen-bond acceptors (Lipinski definition) is 4. The highest BCUT2D eigenvalue weighted by molar-refractivity contribution is 7.89. The Morgan fingerprint density at radius 2 is 1.59 bits per heavy atom. The fourth-order valence-corrected chi connectivity index (χ4v) is 3.97. The van der Waals surface area contributed by atoms with Crippen LogP contribution in [0.3, 0.4) is 0 Å². The van der Waals surface area contributed by atoms with Crippen molar-refractivity contribution in [3.8, 4) is 0 Å². The predicted molar refractivity (Wildman–Crippen MR) is 112 cm³/mol. The summed E-state index contributed by atoms with van der Waals surface area (Å²) in [7, 11) is -3.58. The summed E-state index contributed by atoms with van der Waals surface area (Å²) < 4.78 is 27.0. The maximum absolute atomic E-state index is 12.2. The first-order valence-electron chi connectivity index (χ1n) is 9.45. The molecule has 29 heavy (non-hydrogen) atoms. The zero-order chi connectivity index (χ0) is 21.3. The average molecular weight is 418 g/mol. The number of nitrogens with one attached hydrogen (secondary N) is 3. The Bertz CT molecular complexity index is 928. The van der Waals surface area contributed by atoms with E-state index < -0.39 is 10.0 Å². The highest BCUT2D eigenvalue weighted by atomic mass is 32.2. The maximum Gasteiger partial charge on any atom is 0.240 e. The van der Waals surface area contributed by atoms with Crippen LogP contribution in [0.5, 0.6) is 0 Å². The Hall–Kier alpha value is -2.71. The molecule has 0 aliphatic heterocycles. The molecular weight excluding hydrogens is 390 g/mol. The third kappa shape index (κ3) is 8.05. The monoisotopic (exact) mass is 417 g/mol. The van der Waals surface area contributed by atoms with Crippen molar-refractivity contribution in [2.75, 3.05) is 6.54 Å². The molecule has 0 aromatic heterocycles. The molecule has 2 aromatic rings. The largest absolute Gasteiger partial charge is 0.355 e. The van der Waals surface area contributed by atoms with E-state index in [1.54, 1.807) is 26.0 Å². The quantitative estimate of drug-likeness (QED) is 0.548. The Morgan fingerprint density at radius 1 is 0.897 bits per heavy atom. The molecule has 0 fully saturated rings. The van der Waals surface area contributed by atoms with E-state index >= 15 is 0 Å². The molecule has 0 aliphatic rings. The molecular formula is C21H27N3O4S. The van der Waals surface area contributed by atoms with Crippen molar-refractivity contribution in [3.05, 3.63) is 65.7 Å². The second kappa shape index (κ2) is 10.7. The van der Waals surface area contributed by atoms with Gasteiger partial charge in [0.2, 0.25) is 21.8 Å². The number of carbonyl (C=O) groups excluding carboxylic acids is 2. The van der Waals surface area contributed by atoms with Gasteiger partial charge in [-0.3, -0.25) is 9.59 Å². The van der Waals surface area contributed by atoms with Crippen molar-refractivity contribution in [2.24, 2.45) is 0 Å². The molecule has 2 aromatic carbocycles. The smallest absolute Gasteiger partial charge is 0.240 e. The molecule has 0 bridgehead atoms. The number of hydrogen-bond donors (Lipinski definition) is 3. The molecule has 0 saturated heterocycles. The molecule has 0 heterocycles. The minimum Gasteiger partial charge on any atom is -0.355 e. The lowest BCUT2D eigenvalue weighted by Gasteiger charge is -2.11. The van der Waals surface area contributed by atoms with Gasteiger partial charge in [0, 0.05) is 25.6 Å².